The minimum atomic E-state index is -0.705. The van der Waals surface area contributed by atoms with Crippen LogP contribution >= 0.6 is 0 Å². The molecular weight excluding hydrogens is 326 g/mol. The molecule has 3 rings (SSSR count). The average molecular weight is 349 g/mol. The van der Waals surface area contributed by atoms with Crippen molar-refractivity contribution in [3.63, 3.8) is 0 Å². The van der Waals surface area contributed by atoms with Gasteiger partial charge in [0.1, 0.15) is 5.75 Å². The number of hydrogen-bond donors (Lipinski definition) is 3. The van der Waals surface area contributed by atoms with Crippen molar-refractivity contribution < 1.29 is 15.0 Å². The number of rotatable bonds is 7. The van der Waals surface area contributed by atoms with Crippen molar-refractivity contribution in [1.29, 1.82) is 0 Å². The first-order chi connectivity index (χ1) is 12.6. The molecule has 3 N–H and O–H groups in total. The van der Waals surface area contributed by atoms with Gasteiger partial charge in [-0.05, 0) is 35.4 Å². The first-order valence-electron chi connectivity index (χ1n) is 8.77. The molecule has 0 heterocycles. The number of aliphatic hydroxyl groups excluding tert-OH is 1. The molecule has 134 valence electrons. The van der Waals surface area contributed by atoms with Crippen molar-refractivity contribution >= 4 is 16.6 Å². The van der Waals surface area contributed by atoms with E-state index in [0.717, 1.165) is 21.9 Å². The summed E-state index contributed by atoms with van der Waals surface area (Å²) >= 11 is 0. The third-order valence-electron chi connectivity index (χ3n) is 4.62. The topological polar surface area (TPSA) is 69.6 Å². The maximum Gasteiger partial charge on any atom is 0.164 e. The molecule has 0 aromatic heterocycles. The normalized spacial score (nSPS) is 13.5. The summed E-state index contributed by atoms with van der Waals surface area (Å²) in [7, 11) is 0. The number of aliphatic hydroxyl groups is 1. The van der Waals surface area contributed by atoms with Gasteiger partial charge in [0.2, 0.25) is 0 Å². The predicted molar refractivity (Wildman–Crippen MR) is 103 cm³/mol. The van der Waals surface area contributed by atoms with Crippen LogP contribution in [-0.4, -0.2) is 28.6 Å². The van der Waals surface area contributed by atoms with E-state index in [1.165, 1.54) is 0 Å². The molecule has 0 fully saturated rings. The average Bonchev–Trinajstić information content (AvgIpc) is 2.67. The lowest BCUT2D eigenvalue weighted by Crippen LogP contribution is -2.33. The lowest BCUT2D eigenvalue weighted by atomic mass is 9.99. The molecule has 3 aromatic rings. The van der Waals surface area contributed by atoms with E-state index in [1.807, 2.05) is 49.4 Å². The van der Waals surface area contributed by atoms with Gasteiger partial charge < -0.3 is 15.5 Å². The van der Waals surface area contributed by atoms with E-state index in [4.69, 9.17) is 0 Å². The van der Waals surface area contributed by atoms with Crippen LogP contribution < -0.4 is 5.32 Å². The molecule has 26 heavy (non-hydrogen) atoms. The Morgan fingerprint density at radius 3 is 2.46 bits per heavy atom. The minimum absolute atomic E-state index is 0.0839. The molecule has 0 saturated heterocycles. The first kappa shape index (κ1) is 18.1. The highest BCUT2D eigenvalue weighted by atomic mass is 16.3. The molecule has 0 bridgehead atoms. The summed E-state index contributed by atoms with van der Waals surface area (Å²) in [5.41, 5.74) is 1.46. The summed E-state index contributed by atoms with van der Waals surface area (Å²) in [6, 6.07) is 19.9. The van der Waals surface area contributed by atoms with Crippen molar-refractivity contribution in [3.05, 3.63) is 77.9 Å². The Bertz CT molecular complexity index is 884. The summed E-state index contributed by atoms with van der Waals surface area (Å²) in [5, 5.41) is 24.9. The van der Waals surface area contributed by atoms with Crippen LogP contribution in [0, 0.1) is 0 Å². The SMILES string of the molecule is CC(NCCC(=O)c1cccc2ccccc12)C(O)c1ccc(O)cc1. The molecule has 4 heteroatoms. The lowest BCUT2D eigenvalue weighted by Gasteiger charge is -2.20. The van der Waals surface area contributed by atoms with Crippen LogP contribution in [0.3, 0.4) is 0 Å². The molecule has 0 spiro atoms. The summed E-state index contributed by atoms with van der Waals surface area (Å²) in [6.45, 7) is 2.36. The van der Waals surface area contributed by atoms with E-state index in [0.29, 0.717) is 13.0 Å². The highest BCUT2D eigenvalue weighted by molar-refractivity contribution is 6.08. The Balaban J connectivity index is 1.58. The number of ketones is 1. The number of benzene rings is 3. The number of phenols is 1. The molecule has 4 nitrogen and oxygen atoms in total. The molecule has 0 radical (unpaired) electrons. The van der Waals surface area contributed by atoms with Crippen LogP contribution in [0.5, 0.6) is 5.75 Å². The molecular formula is C22H23NO3. The fraction of sp³-hybridized carbons (Fsp3) is 0.227. The zero-order valence-corrected chi connectivity index (χ0v) is 14.7. The van der Waals surface area contributed by atoms with Gasteiger partial charge in [-0.15, -0.1) is 0 Å². The zero-order valence-electron chi connectivity index (χ0n) is 14.7. The highest BCUT2D eigenvalue weighted by Gasteiger charge is 2.17. The summed E-state index contributed by atoms with van der Waals surface area (Å²) < 4.78 is 0. The third-order valence-corrected chi connectivity index (χ3v) is 4.62. The molecule has 0 aliphatic carbocycles. The molecule has 0 aliphatic rings. The Labute approximate surface area is 153 Å². The fourth-order valence-corrected chi connectivity index (χ4v) is 3.09. The number of nitrogens with one attached hydrogen (secondary N) is 1. The lowest BCUT2D eigenvalue weighted by molar-refractivity contribution is 0.0973. The van der Waals surface area contributed by atoms with Gasteiger partial charge in [-0.25, -0.2) is 0 Å². The Morgan fingerprint density at radius 1 is 1.00 bits per heavy atom. The van der Waals surface area contributed by atoms with Crippen LogP contribution in [0.4, 0.5) is 0 Å². The summed E-state index contributed by atoms with van der Waals surface area (Å²) in [4.78, 5) is 12.6. The molecule has 0 aliphatic heterocycles. The van der Waals surface area contributed by atoms with E-state index >= 15 is 0 Å². The Morgan fingerprint density at radius 2 is 1.69 bits per heavy atom. The van der Waals surface area contributed by atoms with Gasteiger partial charge in [-0.2, -0.15) is 0 Å². The minimum Gasteiger partial charge on any atom is -0.508 e. The molecule has 2 atom stereocenters. The van der Waals surface area contributed by atoms with Crippen molar-refractivity contribution in [1.82, 2.24) is 5.32 Å². The maximum absolute atomic E-state index is 12.6. The smallest absolute Gasteiger partial charge is 0.164 e. The van der Waals surface area contributed by atoms with Crippen molar-refractivity contribution in [3.8, 4) is 5.75 Å². The fourth-order valence-electron chi connectivity index (χ4n) is 3.09. The second-order valence-corrected chi connectivity index (χ2v) is 6.48. The monoisotopic (exact) mass is 349 g/mol. The maximum atomic E-state index is 12.6. The highest BCUT2D eigenvalue weighted by Crippen LogP contribution is 2.21. The number of carbonyl (C=O) groups is 1. The molecule has 0 amide bonds. The Kier molecular flexibility index (Phi) is 5.66. The summed E-state index contributed by atoms with van der Waals surface area (Å²) in [5.74, 6) is 0.253. The number of phenolic OH excluding ortho intramolecular Hbond substituents is 1. The molecule has 2 unspecified atom stereocenters. The van der Waals surface area contributed by atoms with Crippen LogP contribution in [0.1, 0.15) is 35.4 Å². The van der Waals surface area contributed by atoms with Gasteiger partial charge in [0.05, 0.1) is 6.10 Å². The van der Waals surface area contributed by atoms with Gasteiger partial charge in [-0.3, -0.25) is 4.79 Å². The largest absolute Gasteiger partial charge is 0.508 e. The van der Waals surface area contributed by atoms with Crippen molar-refractivity contribution in [2.24, 2.45) is 0 Å². The second kappa shape index (κ2) is 8.13. The van der Waals surface area contributed by atoms with Gasteiger partial charge in [0.25, 0.3) is 0 Å². The third kappa shape index (κ3) is 4.10. The number of aromatic hydroxyl groups is 1. The quantitative estimate of drug-likeness (QED) is 0.567. The predicted octanol–water partition coefficient (Wildman–Crippen LogP) is 3.83. The molecule has 0 saturated carbocycles. The summed E-state index contributed by atoms with van der Waals surface area (Å²) in [6.07, 6.45) is -0.344. The van der Waals surface area contributed by atoms with E-state index < -0.39 is 6.10 Å². The van der Waals surface area contributed by atoms with Crippen molar-refractivity contribution in [2.45, 2.75) is 25.5 Å². The van der Waals surface area contributed by atoms with Gasteiger partial charge >= 0.3 is 0 Å². The number of carbonyl (C=O) groups excluding carboxylic acids is 1. The number of fused-ring (bicyclic) bond motifs is 1. The van der Waals surface area contributed by atoms with Crippen molar-refractivity contribution in [2.75, 3.05) is 6.54 Å². The van der Waals surface area contributed by atoms with E-state index in [2.05, 4.69) is 5.32 Å². The number of Topliss-reactive ketones (excluding diaryl/α,β-unsaturated/α-hetero) is 1. The second-order valence-electron chi connectivity index (χ2n) is 6.48. The van der Waals surface area contributed by atoms with Gasteiger partial charge in [0.15, 0.2) is 5.78 Å². The van der Waals surface area contributed by atoms with Crippen LogP contribution in [0.15, 0.2) is 66.7 Å². The Hall–Kier alpha value is -2.69. The number of hydrogen-bond acceptors (Lipinski definition) is 4. The first-order valence-corrected chi connectivity index (χ1v) is 8.77. The van der Waals surface area contributed by atoms with E-state index in [9.17, 15) is 15.0 Å². The van der Waals surface area contributed by atoms with Crippen LogP contribution in [0.25, 0.3) is 10.8 Å². The molecule has 3 aromatic carbocycles. The van der Waals surface area contributed by atoms with E-state index in [-0.39, 0.29) is 17.6 Å². The van der Waals surface area contributed by atoms with Crippen LogP contribution in [-0.2, 0) is 0 Å². The van der Waals surface area contributed by atoms with Crippen LogP contribution in [0.2, 0.25) is 0 Å². The van der Waals surface area contributed by atoms with E-state index in [1.54, 1.807) is 24.3 Å². The standard InChI is InChI=1S/C22H23NO3/c1-15(22(26)17-9-11-18(24)12-10-17)23-14-13-21(25)20-8-4-6-16-5-2-3-7-19(16)20/h2-12,15,22-24,26H,13-14H2,1H3. The van der Waals surface area contributed by atoms with Gasteiger partial charge in [-0.1, -0.05) is 54.6 Å². The zero-order chi connectivity index (χ0) is 18.5. The van der Waals surface area contributed by atoms with Gasteiger partial charge in [0, 0.05) is 24.6 Å².